The van der Waals surface area contributed by atoms with E-state index in [-0.39, 0.29) is 5.91 Å². The van der Waals surface area contributed by atoms with E-state index in [0.29, 0.717) is 6.04 Å². The van der Waals surface area contributed by atoms with Crippen LogP contribution in [0.2, 0.25) is 0 Å². The number of ether oxygens (including phenoxy) is 1. The van der Waals surface area contributed by atoms with E-state index in [0.717, 1.165) is 29.4 Å². The van der Waals surface area contributed by atoms with Crippen LogP contribution in [-0.4, -0.2) is 24.3 Å². The standard InChI is InChI=1S/C20H27NO2S/c1-12(23-14-6-8-15(24-2)9-7-14)20(22)21-19-11-13-10-18(19)17-5-3-4-16(13)17/h6-9,12-13,16-19H,3-5,10-11H2,1-2H3,(H,21,22). The maximum Gasteiger partial charge on any atom is 0.261 e. The van der Waals surface area contributed by atoms with Crippen LogP contribution in [0.5, 0.6) is 5.75 Å². The number of carbonyl (C=O) groups is 1. The Kier molecular flexibility index (Phi) is 4.50. The Hall–Kier alpha value is -1.16. The second-order valence-electron chi connectivity index (χ2n) is 7.70. The predicted octanol–water partition coefficient (Wildman–Crippen LogP) is 4.12. The van der Waals surface area contributed by atoms with Gasteiger partial charge in [0.15, 0.2) is 6.10 Å². The van der Waals surface area contributed by atoms with Crippen molar-refractivity contribution in [3.8, 4) is 5.75 Å². The van der Waals surface area contributed by atoms with Crippen molar-refractivity contribution in [2.45, 2.75) is 56.1 Å². The number of fused-ring (bicyclic) bond motifs is 5. The Bertz CT molecular complexity index is 602. The first-order valence-electron chi connectivity index (χ1n) is 9.27. The fourth-order valence-corrected chi connectivity index (χ4v) is 5.85. The smallest absolute Gasteiger partial charge is 0.261 e. The summed E-state index contributed by atoms with van der Waals surface area (Å²) >= 11 is 1.70. The molecule has 3 nitrogen and oxygen atoms in total. The number of hydrogen-bond donors (Lipinski definition) is 1. The largest absolute Gasteiger partial charge is 0.481 e. The van der Waals surface area contributed by atoms with Crippen LogP contribution < -0.4 is 10.1 Å². The summed E-state index contributed by atoms with van der Waals surface area (Å²) in [6, 6.07) is 8.32. The first kappa shape index (κ1) is 16.3. The zero-order chi connectivity index (χ0) is 16.7. The van der Waals surface area contributed by atoms with Gasteiger partial charge in [0, 0.05) is 10.9 Å². The van der Waals surface area contributed by atoms with Gasteiger partial charge in [-0.2, -0.15) is 0 Å². The van der Waals surface area contributed by atoms with Gasteiger partial charge in [0.05, 0.1) is 0 Å². The fraction of sp³-hybridized carbons (Fsp3) is 0.650. The lowest BCUT2D eigenvalue weighted by molar-refractivity contribution is -0.128. The molecule has 3 aliphatic rings. The summed E-state index contributed by atoms with van der Waals surface area (Å²) in [6.07, 6.45) is 8.34. The molecular formula is C20H27NO2S. The van der Waals surface area contributed by atoms with E-state index >= 15 is 0 Å². The highest BCUT2D eigenvalue weighted by Gasteiger charge is 2.54. The molecule has 6 unspecified atom stereocenters. The number of benzene rings is 1. The molecular weight excluding hydrogens is 318 g/mol. The normalized spacial score (nSPS) is 34.8. The van der Waals surface area contributed by atoms with E-state index < -0.39 is 6.10 Å². The van der Waals surface area contributed by atoms with E-state index in [4.69, 9.17) is 4.74 Å². The third kappa shape index (κ3) is 2.94. The number of carbonyl (C=O) groups excluding carboxylic acids is 1. The molecule has 1 aromatic carbocycles. The van der Waals surface area contributed by atoms with Crippen LogP contribution in [0.15, 0.2) is 29.2 Å². The number of nitrogens with one attached hydrogen (secondary N) is 1. The molecule has 4 heteroatoms. The molecule has 0 radical (unpaired) electrons. The highest BCUT2D eigenvalue weighted by Crippen LogP contribution is 2.58. The minimum Gasteiger partial charge on any atom is -0.481 e. The van der Waals surface area contributed by atoms with Gasteiger partial charge in [-0.25, -0.2) is 0 Å². The SMILES string of the molecule is CSc1ccc(OC(C)C(=O)NC2CC3CC2C2CCCC32)cc1. The molecule has 0 aliphatic heterocycles. The Labute approximate surface area is 148 Å². The predicted molar refractivity (Wildman–Crippen MR) is 97.3 cm³/mol. The third-order valence-corrected chi connectivity index (χ3v) is 7.24. The molecule has 6 atom stereocenters. The number of rotatable bonds is 5. The van der Waals surface area contributed by atoms with Gasteiger partial charge in [-0.05, 0) is 86.8 Å². The van der Waals surface area contributed by atoms with E-state index in [9.17, 15) is 4.79 Å². The van der Waals surface area contributed by atoms with Crippen molar-refractivity contribution in [2.24, 2.45) is 23.7 Å². The van der Waals surface area contributed by atoms with E-state index in [1.54, 1.807) is 11.8 Å². The van der Waals surface area contributed by atoms with Crippen LogP contribution in [0.25, 0.3) is 0 Å². The zero-order valence-electron chi connectivity index (χ0n) is 14.5. The molecule has 0 spiro atoms. The van der Waals surface area contributed by atoms with Crippen molar-refractivity contribution in [3.63, 3.8) is 0 Å². The number of hydrogen-bond acceptors (Lipinski definition) is 3. The summed E-state index contributed by atoms with van der Waals surface area (Å²) in [4.78, 5) is 13.8. The van der Waals surface area contributed by atoms with Crippen molar-refractivity contribution >= 4 is 17.7 Å². The molecule has 3 fully saturated rings. The monoisotopic (exact) mass is 345 g/mol. The van der Waals surface area contributed by atoms with Crippen LogP contribution in [0.1, 0.15) is 39.0 Å². The quantitative estimate of drug-likeness (QED) is 0.816. The van der Waals surface area contributed by atoms with Crippen molar-refractivity contribution in [2.75, 3.05) is 6.26 Å². The summed E-state index contributed by atoms with van der Waals surface area (Å²) in [6.45, 7) is 1.85. The van der Waals surface area contributed by atoms with Crippen molar-refractivity contribution < 1.29 is 9.53 Å². The molecule has 0 aromatic heterocycles. The van der Waals surface area contributed by atoms with Crippen LogP contribution in [0.3, 0.4) is 0 Å². The highest BCUT2D eigenvalue weighted by molar-refractivity contribution is 7.98. The van der Waals surface area contributed by atoms with Crippen LogP contribution in [-0.2, 0) is 4.79 Å². The molecule has 3 aliphatic carbocycles. The first-order valence-corrected chi connectivity index (χ1v) is 10.5. The lowest BCUT2D eigenvalue weighted by Crippen LogP contribution is -2.47. The number of thioether (sulfide) groups is 1. The van der Waals surface area contributed by atoms with Crippen LogP contribution >= 0.6 is 11.8 Å². The molecule has 1 amide bonds. The zero-order valence-corrected chi connectivity index (χ0v) is 15.4. The maximum absolute atomic E-state index is 12.6. The van der Waals surface area contributed by atoms with Gasteiger partial charge in [0.1, 0.15) is 5.75 Å². The average Bonchev–Trinajstić information content (AvgIpc) is 3.28. The second-order valence-corrected chi connectivity index (χ2v) is 8.58. The molecule has 0 saturated heterocycles. The van der Waals surface area contributed by atoms with E-state index in [2.05, 4.69) is 11.6 Å². The maximum atomic E-state index is 12.6. The Balaban J connectivity index is 1.32. The molecule has 130 valence electrons. The van der Waals surface area contributed by atoms with Crippen molar-refractivity contribution in [1.29, 1.82) is 0 Å². The molecule has 1 N–H and O–H groups in total. The molecule has 0 heterocycles. The van der Waals surface area contributed by atoms with Gasteiger partial charge >= 0.3 is 0 Å². The summed E-state index contributed by atoms with van der Waals surface area (Å²) < 4.78 is 5.83. The van der Waals surface area contributed by atoms with Gasteiger partial charge in [0.2, 0.25) is 0 Å². The first-order chi connectivity index (χ1) is 11.7. The fourth-order valence-electron chi connectivity index (χ4n) is 5.45. The lowest BCUT2D eigenvalue weighted by Gasteiger charge is -2.32. The van der Waals surface area contributed by atoms with Gasteiger partial charge < -0.3 is 10.1 Å². The average molecular weight is 346 g/mol. The van der Waals surface area contributed by atoms with E-state index in [1.165, 1.54) is 37.0 Å². The van der Waals surface area contributed by atoms with E-state index in [1.807, 2.05) is 31.2 Å². The Morgan fingerprint density at radius 1 is 1.17 bits per heavy atom. The molecule has 24 heavy (non-hydrogen) atoms. The molecule has 2 bridgehead atoms. The van der Waals surface area contributed by atoms with Crippen molar-refractivity contribution in [3.05, 3.63) is 24.3 Å². The summed E-state index contributed by atoms with van der Waals surface area (Å²) in [5.74, 6) is 4.23. The minimum absolute atomic E-state index is 0.0380. The highest BCUT2D eigenvalue weighted by atomic mass is 32.2. The number of amides is 1. The van der Waals surface area contributed by atoms with Gasteiger partial charge in [-0.1, -0.05) is 6.42 Å². The second kappa shape index (κ2) is 6.62. The molecule has 4 rings (SSSR count). The summed E-state index contributed by atoms with van der Waals surface area (Å²) in [7, 11) is 0. The topological polar surface area (TPSA) is 38.3 Å². The lowest BCUT2D eigenvalue weighted by atomic mass is 9.79. The summed E-state index contributed by atoms with van der Waals surface area (Å²) in [5.41, 5.74) is 0. The van der Waals surface area contributed by atoms with Crippen LogP contribution in [0.4, 0.5) is 0 Å². The minimum atomic E-state index is -0.441. The van der Waals surface area contributed by atoms with Gasteiger partial charge in [-0.15, -0.1) is 11.8 Å². The van der Waals surface area contributed by atoms with Crippen LogP contribution in [0, 0.1) is 23.7 Å². The van der Waals surface area contributed by atoms with Gasteiger partial charge in [0.25, 0.3) is 5.91 Å². The third-order valence-electron chi connectivity index (χ3n) is 6.50. The Morgan fingerprint density at radius 2 is 1.92 bits per heavy atom. The molecule has 3 saturated carbocycles. The summed E-state index contributed by atoms with van der Waals surface area (Å²) in [5, 5.41) is 3.30. The van der Waals surface area contributed by atoms with Gasteiger partial charge in [-0.3, -0.25) is 4.79 Å². The van der Waals surface area contributed by atoms with Crippen molar-refractivity contribution in [1.82, 2.24) is 5.32 Å². The molecule has 1 aromatic rings. The Morgan fingerprint density at radius 3 is 2.67 bits per heavy atom.